The van der Waals surface area contributed by atoms with Gasteiger partial charge < -0.3 is 10.3 Å². The van der Waals surface area contributed by atoms with Crippen LogP contribution in [-0.2, 0) is 19.9 Å². The van der Waals surface area contributed by atoms with E-state index in [0.717, 1.165) is 18.5 Å². The van der Waals surface area contributed by atoms with Gasteiger partial charge in [-0.3, -0.25) is 0 Å². The van der Waals surface area contributed by atoms with Crippen molar-refractivity contribution in [1.29, 1.82) is 0 Å². The number of nitrogens with zero attached hydrogens (tertiary/aromatic N) is 2. The number of imidazole rings is 1. The van der Waals surface area contributed by atoms with Crippen LogP contribution in [0.25, 0.3) is 0 Å². The minimum Gasteiger partial charge on any atom is -0.369 e. The molecule has 0 atom stereocenters. The Balaban J connectivity index is 1.98. The van der Waals surface area contributed by atoms with Gasteiger partial charge in [-0.1, -0.05) is 6.07 Å². The van der Waals surface area contributed by atoms with Gasteiger partial charge in [0, 0.05) is 18.1 Å². The molecule has 2 aromatic heterocycles. The first-order valence-electron chi connectivity index (χ1n) is 4.56. The van der Waals surface area contributed by atoms with E-state index < -0.39 is 0 Å². The Labute approximate surface area is 87.2 Å². The summed E-state index contributed by atoms with van der Waals surface area (Å²) in [5.41, 5.74) is 6.71. The number of nitrogens with two attached hydrogens (primary N) is 1. The van der Waals surface area contributed by atoms with Gasteiger partial charge in [-0.2, -0.15) is 0 Å². The highest BCUT2D eigenvalue weighted by molar-refractivity contribution is 7.09. The molecular formula is C10H13N3S. The maximum Gasteiger partial charge on any atom is 0.200 e. The second-order valence-corrected chi connectivity index (χ2v) is 4.31. The number of rotatable bonds is 3. The van der Waals surface area contributed by atoms with Crippen molar-refractivity contribution in [2.45, 2.75) is 12.8 Å². The molecule has 74 valence electrons. The molecule has 0 spiro atoms. The zero-order valence-corrected chi connectivity index (χ0v) is 8.92. The standard InChI is InChI=1S/C10H13N3S/c1-13-7-8(12-10(13)11)4-5-9-3-2-6-14-9/h2-3,6-7H,4-5H2,1H3,(H2,11,12). The van der Waals surface area contributed by atoms with Crippen molar-refractivity contribution < 1.29 is 0 Å². The molecule has 3 nitrogen and oxygen atoms in total. The molecule has 2 N–H and O–H groups in total. The summed E-state index contributed by atoms with van der Waals surface area (Å²) in [7, 11) is 1.91. The topological polar surface area (TPSA) is 43.8 Å². The summed E-state index contributed by atoms with van der Waals surface area (Å²) in [6.45, 7) is 0. The van der Waals surface area contributed by atoms with Gasteiger partial charge in [0.25, 0.3) is 0 Å². The number of aromatic nitrogens is 2. The molecule has 0 amide bonds. The Morgan fingerprint density at radius 2 is 2.36 bits per heavy atom. The molecule has 0 saturated heterocycles. The van der Waals surface area contributed by atoms with E-state index in [4.69, 9.17) is 5.73 Å². The zero-order valence-electron chi connectivity index (χ0n) is 8.10. The molecular weight excluding hydrogens is 194 g/mol. The first kappa shape index (κ1) is 9.27. The van der Waals surface area contributed by atoms with Gasteiger partial charge in [0.15, 0.2) is 5.95 Å². The van der Waals surface area contributed by atoms with Crippen molar-refractivity contribution in [3.63, 3.8) is 0 Å². The van der Waals surface area contributed by atoms with Crippen molar-refractivity contribution in [1.82, 2.24) is 9.55 Å². The molecule has 14 heavy (non-hydrogen) atoms. The Hall–Kier alpha value is -1.29. The molecule has 0 fully saturated rings. The smallest absolute Gasteiger partial charge is 0.200 e. The fourth-order valence-corrected chi connectivity index (χ4v) is 2.08. The quantitative estimate of drug-likeness (QED) is 0.834. The highest BCUT2D eigenvalue weighted by Crippen LogP contribution is 2.12. The summed E-state index contributed by atoms with van der Waals surface area (Å²) in [4.78, 5) is 5.65. The van der Waals surface area contributed by atoms with Crippen LogP contribution in [0, 0.1) is 0 Å². The molecule has 2 aromatic rings. The fourth-order valence-electron chi connectivity index (χ4n) is 1.37. The SMILES string of the molecule is Cn1cc(CCc2cccs2)nc1N. The number of hydrogen-bond acceptors (Lipinski definition) is 3. The largest absolute Gasteiger partial charge is 0.369 e. The van der Waals surface area contributed by atoms with Gasteiger partial charge in [0.05, 0.1) is 5.69 Å². The van der Waals surface area contributed by atoms with Crippen LogP contribution in [0.1, 0.15) is 10.6 Å². The van der Waals surface area contributed by atoms with E-state index >= 15 is 0 Å². The molecule has 0 aliphatic carbocycles. The van der Waals surface area contributed by atoms with E-state index in [1.807, 2.05) is 17.8 Å². The van der Waals surface area contributed by atoms with Crippen LogP contribution in [0.3, 0.4) is 0 Å². The third-order valence-corrected chi connectivity index (χ3v) is 3.11. The number of thiophene rings is 1. The van der Waals surface area contributed by atoms with E-state index in [1.54, 1.807) is 11.3 Å². The van der Waals surface area contributed by atoms with Crippen molar-refractivity contribution in [2.75, 3.05) is 5.73 Å². The summed E-state index contributed by atoms with van der Waals surface area (Å²) in [5.74, 6) is 0.589. The lowest BCUT2D eigenvalue weighted by Gasteiger charge is -1.92. The zero-order chi connectivity index (χ0) is 9.97. The highest BCUT2D eigenvalue weighted by Gasteiger charge is 2.02. The Morgan fingerprint density at radius 1 is 1.50 bits per heavy atom. The lowest BCUT2D eigenvalue weighted by atomic mass is 10.2. The third kappa shape index (κ3) is 1.96. The van der Waals surface area contributed by atoms with E-state index in [-0.39, 0.29) is 0 Å². The predicted octanol–water partition coefficient (Wildman–Crippen LogP) is 1.85. The average Bonchev–Trinajstić information content (AvgIpc) is 2.74. The molecule has 2 heterocycles. The molecule has 0 unspecified atom stereocenters. The molecule has 0 bridgehead atoms. The van der Waals surface area contributed by atoms with Crippen LogP contribution in [0.5, 0.6) is 0 Å². The van der Waals surface area contributed by atoms with Gasteiger partial charge >= 0.3 is 0 Å². The molecule has 4 heteroatoms. The van der Waals surface area contributed by atoms with Crippen molar-refractivity contribution >= 4 is 17.3 Å². The number of anilines is 1. The Kier molecular flexibility index (Phi) is 2.54. The first-order valence-corrected chi connectivity index (χ1v) is 5.44. The lowest BCUT2D eigenvalue weighted by molar-refractivity contribution is 0.916. The normalized spacial score (nSPS) is 10.6. The summed E-state index contributed by atoms with van der Waals surface area (Å²) >= 11 is 1.79. The Bertz CT molecular complexity index is 383. The maximum atomic E-state index is 5.64. The van der Waals surface area contributed by atoms with E-state index in [1.165, 1.54) is 4.88 Å². The van der Waals surface area contributed by atoms with Crippen LogP contribution < -0.4 is 5.73 Å². The van der Waals surface area contributed by atoms with Crippen molar-refractivity contribution in [3.05, 3.63) is 34.3 Å². The monoisotopic (exact) mass is 207 g/mol. The summed E-state index contributed by atoms with van der Waals surface area (Å²) in [6, 6.07) is 4.23. The molecule has 0 aliphatic rings. The summed E-state index contributed by atoms with van der Waals surface area (Å²) in [5, 5.41) is 2.10. The van der Waals surface area contributed by atoms with Gasteiger partial charge in [-0.15, -0.1) is 11.3 Å². The number of nitrogen functional groups attached to an aromatic ring is 1. The summed E-state index contributed by atoms with van der Waals surface area (Å²) in [6.07, 6.45) is 4.00. The molecule has 0 saturated carbocycles. The minimum atomic E-state index is 0.589. The van der Waals surface area contributed by atoms with Gasteiger partial charge in [0.2, 0.25) is 0 Å². The number of aryl methyl sites for hydroxylation is 3. The van der Waals surface area contributed by atoms with Gasteiger partial charge in [-0.05, 0) is 24.3 Å². The van der Waals surface area contributed by atoms with Crippen LogP contribution >= 0.6 is 11.3 Å². The van der Waals surface area contributed by atoms with Crippen LogP contribution in [0.2, 0.25) is 0 Å². The van der Waals surface area contributed by atoms with Crippen molar-refractivity contribution in [2.24, 2.45) is 7.05 Å². The van der Waals surface area contributed by atoms with E-state index in [2.05, 4.69) is 22.5 Å². The fraction of sp³-hybridized carbons (Fsp3) is 0.300. The summed E-state index contributed by atoms with van der Waals surface area (Å²) < 4.78 is 1.85. The van der Waals surface area contributed by atoms with E-state index in [0.29, 0.717) is 5.95 Å². The second-order valence-electron chi connectivity index (χ2n) is 3.28. The lowest BCUT2D eigenvalue weighted by Crippen LogP contribution is -1.94. The van der Waals surface area contributed by atoms with Gasteiger partial charge in [-0.25, -0.2) is 4.98 Å². The van der Waals surface area contributed by atoms with E-state index in [9.17, 15) is 0 Å². The van der Waals surface area contributed by atoms with Crippen LogP contribution in [0.15, 0.2) is 23.7 Å². The predicted molar refractivity (Wildman–Crippen MR) is 59.3 cm³/mol. The van der Waals surface area contributed by atoms with Gasteiger partial charge in [0.1, 0.15) is 0 Å². The Morgan fingerprint density at radius 3 is 2.93 bits per heavy atom. The molecule has 0 aromatic carbocycles. The average molecular weight is 207 g/mol. The maximum absolute atomic E-state index is 5.64. The molecule has 0 aliphatic heterocycles. The molecule has 2 rings (SSSR count). The first-order chi connectivity index (χ1) is 6.75. The highest BCUT2D eigenvalue weighted by atomic mass is 32.1. The van der Waals surface area contributed by atoms with Crippen LogP contribution in [-0.4, -0.2) is 9.55 Å². The minimum absolute atomic E-state index is 0.589. The van der Waals surface area contributed by atoms with Crippen molar-refractivity contribution in [3.8, 4) is 0 Å². The number of hydrogen-bond donors (Lipinski definition) is 1. The van der Waals surface area contributed by atoms with Crippen LogP contribution in [0.4, 0.5) is 5.95 Å². The molecule has 0 radical (unpaired) electrons. The second kappa shape index (κ2) is 3.84. The third-order valence-electron chi connectivity index (χ3n) is 2.17.